The third-order valence-electron chi connectivity index (χ3n) is 6.01. The van der Waals surface area contributed by atoms with Crippen molar-refractivity contribution in [2.45, 2.75) is 57.1 Å². The monoisotopic (exact) mass is 634 g/mol. The van der Waals surface area contributed by atoms with Crippen LogP contribution in [0.25, 0.3) is 0 Å². The van der Waals surface area contributed by atoms with Crippen LogP contribution in [-0.2, 0) is 29.4 Å². The highest BCUT2D eigenvalue weighted by atomic mass is 32.2. The first-order valence-electron chi connectivity index (χ1n) is 13.7. The molecule has 0 saturated heterocycles. The van der Waals surface area contributed by atoms with Gasteiger partial charge in [-0.15, -0.1) is 0 Å². The third-order valence-corrected chi connectivity index (χ3v) is 9.79. The number of aliphatic imine (C=N–C) groups is 1. The molecule has 3 aromatic rings. The molecule has 0 saturated carbocycles. The topological polar surface area (TPSA) is 103 Å². The predicted molar refractivity (Wildman–Crippen MR) is 165 cm³/mol. The molecule has 3 atom stereocenters. The summed E-state index contributed by atoms with van der Waals surface area (Å²) in [6.07, 6.45) is 0. The average Bonchev–Trinajstić information content (AvgIpc) is 2.97. The Balaban J connectivity index is 2.34. The molecule has 0 spiro atoms. The number of carbonyl (C=O) groups is 1. The van der Waals surface area contributed by atoms with Gasteiger partial charge >= 0.3 is 19.2 Å². The predicted octanol–water partition coefficient (Wildman–Crippen LogP) is 6.78. The highest BCUT2D eigenvalue weighted by Crippen LogP contribution is 2.63. The molecule has 0 aliphatic carbocycles. The van der Waals surface area contributed by atoms with Crippen LogP contribution in [-0.4, -0.2) is 51.6 Å². The van der Waals surface area contributed by atoms with Gasteiger partial charge in [0, 0.05) is 11.1 Å². The molecular weight excluding hydrogens is 597 g/mol. The molecule has 232 valence electrons. The Morgan fingerprint density at radius 2 is 1.30 bits per heavy atom. The highest BCUT2D eigenvalue weighted by Gasteiger charge is 2.63. The first-order chi connectivity index (χ1) is 20.3. The largest absolute Gasteiger partial charge is 0.425 e. The molecule has 0 bridgehead atoms. The molecule has 0 aromatic heterocycles. The highest BCUT2D eigenvalue weighted by molar-refractivity contribution is 7.84. The summed E-state index contributed by atoms with van der Waals surface area (Å²) >= 11 is 0. The van der Waals surface area contributed by atoms with Crippen LogP contribution in [0.4, 0.5) is 8.78 Å². The minimum absolute atomic E-state index is 0.0745. The molecule has 3 rings (SSSR count). The van der Waals surface area contributed by atoms with E-state index in [0.29, 0.717) is 11.1 Å². The molecule has 43 heavy (non-hydrogen) atoms. The number of hydrogen-bond donors (Lipinski definition) is 1. The fourth-order valence-corrected chi connectivity index (χ4v) is 6.51. The van der Waals surface area contributed by atoms with Crippen molar-refractivity contribution >= 4 is 30.3 Å². The molecule has 3 aromatic carbocycles. The van der Waals surface area contributed by atoms with Crippen LogP contribution >= 0.6 is 7.60 Å². The number of halogens is 2. The molecule has 8 nitrogen and oxygen atoms in total. The van der Waals surface area contributed by atoms with Crippen LogP contribution in [0.2, 0.25) is 0 Å². The minimum Gasteiger partial charge on any atom is -0.425 e. The first-order valence-corrected chi connectivity index (χ1v) is 16.4. The molecule has 0 heterocycles. The minimum atomic E-state index is -5.26. The van der Waals surface area contributed by atoms with Gasteiger partial charge in [0.15, 0.2) is 6.04 Å². The van der Waals surface area contributed by atoms with E-state index in [1.165, 1.54) is 26.0 Å². The van der Waals surface area contributed by atoms with E-state index >= 15 is 8.78 Å². The summed E-state index contributed by atoms with van der Waals surface area (Å²) in [7, 11) is -7.44. The SMILES string of the molecule is CCOP(=O)(OCC)C(F)(F)[C@@H](NS(=O)C(C)(C)C)[C@H](N=C(c1ccccc1)c1ccccc1)C(=O)Oc1ccccc1. The molecule has 0 amide bonds. The van der Waals surface area contributed by atoms with Crippen molar-refractivity contribution in [1.82, 2.24) is 4.72 Å². The second-order valence-electron chi connectivity index (χ2n) is 10.3. The molecule has 12 heteroatoms. The normalized spacial score (nSPS) is 14.4. The van der Waals surface area contributed by atoms with E-state index in [1.54, 1.807) is 99.6 Å². The van der Waals surface area contributed by atoms with Crippen molar-refractivity contribution in [3.63, 3.8) is 0 Å². The number of carbonyl (C=O) groups excluding carboxylic acids is 1. The Hall–Kier alpha value is -3.08. The average molecular weight is 635 g/mol. The quantitative estimate of drug-likeness (QED) is 0.0908. The van der Waals surface area contributed by atoms with Gasteiger partial charge in [-0.2, -0.15) is 8.78 Å². The summed E-state index contributed by atoms with van der Waals surface area (Å²) < 4.78 is 77.4. The summed E-state index contributed by atoms with van der Waals surface area (Å²) in [6.45, 7) is 6.73. The lowest BCUT2D eigenvalue weighted by molar-refractivity contribution is -0.138. The second-order valence-corrected chi connectivity index (χ2v) is 14.4. The Bertz CT molecular complexity index is 1390. The van der Waals surface area contributed by atoms with Crippen LogP contribution in [0, 0.1) is 0 Å². The van der Waals surface area contributed by atoms with Crippen molar-refractivity contribution < 1.29 is 36.1 Å². The van der Waals surface area contributed by atoms with Crippen molar-refractivity contribution in [3.05, 3.63) is 102 Å². The summed E-state index contributed by atoms with van der Waals surface area (Å²) in [5.41, 5.74) is -3.18. The summed E-state index contributed by atoms with van der Waals surface area (Å²) in [6, 6.07) is 20.7. The van der Waals surface area contributed by atoms with Crippen molar-refractivity contribution in [2.75, 3.05) is 13.2 Å². The number of nitrogens with zero attached hydrogens (tertiary/aromatic N) is 1. The van der Waals surface area contributed by atoms with Gasteiger partial charge in [0.2, 0.25) is 0 Å². The summed E-state index contributed by atoms with van der Waals surface area (Å²) in [5.74, 6) is -1.12. The molecular formula is C31H37F2N2O6PS. The maximum absolute atomic E-state index is 16.7. The van der Waals surface area contributed by atoms with E-state index in [9.17, 15) is 13.6 Å². The van der Waals surface area contributed by atoms with Gasteiger partial charge in [0.1, 0.15) is 11.8 Å². The number of nitrogens with one attached hydrogen (secondary N) is 1. The number of hydrogen-bond acceptors (Lipinski definition) is 7. The van der Waals surface area contributed by atoms with Crippen molar-refractivity contribution in [3.8, 4) is 5.75 Å². The zero-order valence-corrected chi connectivity index (χ0v) is 26.4. The summed E-state index contributed by atoms with van der Waals surface area (Å²) in [5, 5.41) is 0. The Morgan fingerprint density at radius 1 is 0.860 bits per heavy atom. The molecule has 0 fully saturated rings. The fourth-order valence-electron chi connectivity index (χ4n) is 3.91. The number of benzene rings is 3. The van der Waals surface area contributed by atoms with Crippen LogP contribution in [0.3, 0.4) is 0 Å². The first kappa shape index (κ1) is 34.4. The zero-order chi connectivity index (χ0) is 31.7. The molecule has 1 unspecified atom stereocenters. The summed E-state index contributed by atoms with van der Waals surface area (Å²) in [4.78, 5) is 18.5. The van der Waals surface area contributed by atoms with Crippen LogP contribution < -0.4 is 9.46 Å². The van der Waals surface area contributed by atoms with Gasteiger partial charge in [-0.25, -0.2) is 13.7 Å². The lowest BCUT2D eigenvalue weighted by Gasteiger charge is -2.36. The van der Waals surface area contributed by atoms with Crippen molar-refractivity contribution in [2.24, 2.45) is 4.99 Å². The number of alkyl halides is 2. The van der Waals surface area contributed by atoms with Gasteiger partial charge < -0.3 is 13.8 Å². The van der Waals surface area contributed by atoms with Crippen LogP contribution in [0.15, 0.2) is 96.0 Å². The van der Waals surface area contributed by atoms with Gasteiger partial charge in [0.05, 0.1) is 34.7 Å². The van der Waals surface area contributed by atoms with E-state index in [-0.39, 0.29) is 24.7 Å². The zero-order valence-electron chi connectivity index (χ0n) is 24.7. The Morgan fingerprint density at radius 3 is 1.72 bits per heavy atom. The lowest BCUT2D eigenvalue weighted by Crippen LogP contribution is -2.58. The molecule has 0 aliphatic heterocycles. The molecule has 1 N–H and O–H groups in total. The van der Waals surface area contributed by atoms with E-state index in [1.807, 2.05) is 0 Å². The van der Waals surface area contributed by atoms with Gasteiger partial charge in [0.25, 0.3) is 0 Å². The molecule has 0 aliphatic rings. The third kappa shape index (κ3) is 8.74. The lowest BCUT2D eigenvalue weighted by atomic mass is 10.0. The van der Waals surface area contributed by atoms with E-state index in [0.717, 1.165) is 0 Å². The number of ether oxygens (including phenoxy) is 1. The van der Waals surface area contributed by atoms with Crippen molar-refractivity contribution in [1.29, 1.82) is 0 Å². The van der Waals surface area contributed by atoms with E-state index in [4.69, 9.17) is 13.8 Å². The second kappa shape index (κ2) is 15.1. The standard InChI is InChI=1S/C31H37F2N2O6PS/c1-6-39-42(37,40-7-2)31(32,33)28(35-43(38)30(3,4)5)27(29(36)41-25-21-15-10-16-22-25)34-26(23-17-11-8-12-18-23)24-19-13-9-14-20-24/h8-22,27-28,35H,6-7H2,1-5H3/t27-,28-,43?/m0/s1. The number of para-hydroxylation sites is 1. The van der Waals surface area contributed by atoms with Gasteiger partial charge in [-0.1, -0.05) is 78.9 Å². The maximum Gasteiger partial charge on any atom is 0.401 e. The fraction of sp³-hybridized carbons (Fsp3) is 0.355. The van der Waals surface area contributed by atoms with Gasteiger partial charge in [-0.05, 0) is 46.8 Å². The molecule has 0 radical (unpaired) electrons. The number of esters is 1. The smallest absolute Gasteiger partial charge is 0.401 e. The maximum atomic E-state index is 16.7. The van der Waals surface area contributed by atoms with E-state index in [2.05, 4.69) is 9.71 Å². The number of rotatable bonds is 14. The van der Waals surface area contributed by atoms with Crippen LogP contribution in [0.1, 0.15) is 45.7 Å². The van der Waals surface area contributed by atoms with Crippen LogP contribution in [0.5, 0.6) is 5.75 Å². The van der Waals surface area contributed by atoms with Gasteiger partial charge in [-0.3, -0.25) is 9.56 Å². The Labute approximate surface area is 254 Å². The van der Waals surface area contributed by atoms with E-state index < -0.39 is 47.0 Å². The Kier molecular flexibility index (Phi) is 12.1.